The predicted octanol–water partition coefficient (Wildman–Crippen LogP) is 1.88. The van der Waals surface area contributed by atoms with E-state index < -0.39 is 0 Å². The monoisotopic (exact) mass is 183 g/mol. The van der Waals surface area contributed by atoms with Gasteiger partial charge in [-0.15, -0.1) is 12.3 Å². The summed E-state index contributed by atoms with van der Waals surface area (Å²) in [4.78, 5) is 0. The van der Waals surface area contributed by atoms with E-state index in [9.17, 15) is 0 Å². The Labute approximate surface area is 79.7 Å². The molecule has 12 heavy (non-hydrogen) atoms. The first-order valence-corrected chi connectivity index (χ1v) is 5.46. The second kappa shape index (κ2) is 4.20. The molecule has 1 saturated heterocycles. The van der Waals surface area contributed by atoms with Gasteiger partial charge >= 0.3 is 0 Å². The molecule has 0 saturated carbocycles. The summed E-state index contributed by atoms with van der Waals surface area (Å²) >= 11 is 2.06. The SMILES string of the molecule is C#CCC(NC)C1(C)CCCS1. The van der Waals surface area contributed by atoms with Crippen LogP contribution in [0.2, 0.25) is 0 Å². The fourth-order valence-corrected chi connectivity index (χ4v) is 3.26. The number of terminal acetylenes is 1. The summed E-state index contributed by atoms with van der Waals surface area (Å²) in [5.74, 6) is 4.04. The summed E-state index contributed by atoms with van der Waals surface area (Å²) in [5, 5.41) is 3.32. The fourth-order valence-electron chi connectivity index (χ4n) is 1.82. The van der Waals surface area contributed by atoms with Crippen molar-refractivity contribution in [1.29, 1.82) is 0 Å². The largest absolute Gasteiger partial charge is 0.315 e. The van der Waals surface area contributed by atoms with Crippen LogP contribution in [0.15, 0.2) is 0 Å². The molecule has 0 bridgehead atoms. The van der Waals surface area contributed by atoms with E-state index in [0.29, 0.717) is 10.8 Å². The molecule has 0 radical (unpaired) electrons. The van der Waals surface area contributed by atoms with Crippen LogP contribution in [0.25, 0.3) is 0 Å². The number of hydrogen-bond donors (Lipinski definition) is 1. The zero-order valence-electron chi connectivity index (χ0n) is 7.89. The van der Waals surface area contributed by atoms with Gasteiger partial charge in [0.1, 0.15) is 0 Å². The van der Waals surface area contributed by atoms with Gasteiger partial charge in [0.25, 0.3) is 0 Å². The predicted molar refractivity (Wildman–Crippen MR) is 56.4 cm³/mol. The summed E-state index contributed by atoms with van der Waals surface area (Å²) in [7, 11) is 2.01. The van der Waals surface area contributed by atoms with Crippen LogP contribution >= 0.6 is 11.8 Å². The van der Waals surface area contributed by atoms with E-state index in [2.05, 4.69) is 29.9 Å². The molecule has 1 aliphatic heterocycles. The molecule has 1 nitrogen and oxygen atoms in total. The van der Waals surface area contributed by atoms with Crippen LogP contribution in [0.4, 0.5) is 0 Å². The maximum Gasteiger partial charge on any atom is 0.0318 e. The van der Waals surface area contributed by atoms with Crippen molar-refractivity contribution in [2.75, 3.05) is 12.8 Å². The normalized spacial score (nSPS) is 31.4. The van der Waals surface area contributed by atoms with Gasteiger partial charge in [-0.25, -0.2) is 0 Å². The number of thioether (sulfide) groups is 1. The van der Waals surface area contributed by atoms with Gasteiger partial charge in [-0.3, -0.25) is 0 Å². The highest BCUT2D eigenvalue weighted by Gasteiger charge is 2.36. The van der Waals surface area contributed by atoms with Crippen LogP contribution in [-0.4, -0.2) is 23.6 Å². The smallest absolute Gasteiger partial charge is 0.0318 e. The molecule has 0 aromatic rings. The molecular formula is C10H17NS. The van der Waals surface area contributed by atoms with Gasteiger partial charge in [-0.1, -0.05) is 0 Å². The third kappa shape index (κ3) is 1.97. The highest BCUT2D eigenvalue weighted by Crippen LogP contribution is 2.41. The van der Waals surface area contributed by atoms with E-state index >= 15 is 0 Å². The third-order valence-corrected chi connectivity index (χ3v) is 4.30. The summed E-state index contributed by atoms with van der Waals surface area (Å²) < 4.78 is 0.376. The minimum absolute atomic E-state index is 0.376. The van der Waals surface area contributed by atoms with Gasteiger partial charge in [-0.05, 0) is 32.6 Å². The van der Waals surface area contributed by atoms with Gasteiger partial charge in [0, 0.05) is 17.2 Å². The number of rotatable bonds is 3. The molecule has 1 N–H and O–H groups in total. The molecule has 2 atom stereocenters. The van der Waals surface area contributed by atoms with E-state index in [1.165, 1.54) is 18.6 Å². The maximum absolute atomic E-state index is 5.33. The van der Waals surface area contributed by atoms with E-state index in [-0.39, 0.29) is 0 Å². The van der Waals surface area contributed by atoms with E-state index in [4.69, 9.17) is 6.42 Å². The van der Waals surface area contributed by atoms with Crippen LogP contribution in [-0.2, 0) is 0 Å². The molecule has 1 aliphatic rings. The molecule has 68 valence electrons. The Morgan fingerprint density at radius 2 is 2.50 bits per heavy atom. The lowest BCUT2D eigenvalue weighted by Gasteiger charge is -2.31. The van der Waals surface area contributed by atoms with Crippen molar-refractivity contribution in [1.82, 2.24) is 5.32 Å². The first-order valence-electron chi connectivity index (χ1n) is 4.47. The Kier molecular flexibility index (Phi) is 3.49. The zero-order valence-corrected chi connectivity index (χ0v) is 8.71. The molecule has 1 heterocycles. The van der Waals surface area contributed by atoms with Crippen molar-refractivity contribution in [3.63, 3.8) is 0 Å². The number of hydrogen-bond acceptors (Lipinski definition) is 2. The maximum atomic E-state index is 5.33. The van der Waals surface area contributed by atoms with Gasteiger partial charge < -0.3 is 5.32 Å². The first-order chi connectivity index (χ1) is 5.73. The van der Waals surface area contributed by atoms with Crippen molar-refractivity contribution in [3.05, 3.63) is 0 Å². The fraction of sp³-hybridized carbons (Fsp3) is 0.800. The van der Waals surface area contributed by atoms with Crippen LogP contribution in [0.3, 0.4) is 0 Å². The van der Waals surface area contributed by atoms with Gasteiger partial charge in [0.05, 0.1) is 0 Å². The van der Waals surface area contributed by atoms with Crippen LogP contribution < -0.4 is 5.32 Å². The van der Waals surface area contributed by atoms with Crippen molar-refractivity contribution in [2.45, 2.75) is 37.0 Å². The van der Waals surface area contributed by atoms with Crippen molar-refractivity contribution < 1.29 is 0 Å². The Balaban J connectivity index is 2.57. The second-order valence-corrected chi connectivity index (χ2v) is 5.14. The van der Waals surface area contributed by atoms with Crippen LogP contribution in [0.5, 0.6) is 0 Å². The topological polar surface area (TPSA) is 12.0 Å². The zero-order chi connectivity index (χ0) is 9.03. The van der Waals surface area contributed by atoms with Crippen LogP contribution in [0, 0.1) is 12.3 Å². The Morgan fingerprint density at radius 1 is 1.75 bits per heavy atom. The summed E-state index contributed by atoms with van der Waals surface area (Å²) in [6, 6.07) is 0.481. The minimum Gasteiger partial charge on any atom is -0.315 e. The molecule has 2 unspecified atom stereocenters. The second-order valence-electron chi connectivity index (χ2n) is 3.51. The average molecular weight is 183 g/mol. The number of nitrogens with one attached hydrogen (secondary N) is 1. The Hall–Kier alpha value is -0.130. The Morgan fingerprint density at radius 3 is 2.92 bits per heavy atom. The molecule has 0 aliphatic carbocycles. The molecule has 0 spiro atoms. The summed E-state index contributed by atoms with van der Waals surface area (Å²) in [6.45, 7) is 2.32. The van der Waals surface area contributed by atoms with E-state index in [1.54, 1.807) is 0 Å². The van der Waals surface area contributed by atoms with Gasteiger partial charge in [0.15, 0.2) is 0 Å². The van der Waals surface area contributed by atoms with Crippen molar-refractivity contribution >= 4 is 11.8 Å². The van der Waals surface area contributed by atoms with E-state index in [0.717, 1.165) is 6.42 Å². The summed E-state index contributed by atoms with van der Waals surface area (Å²) in [6.07, 6.45) is 8.81. The molecular weight excluding hydrogens is 166 g/mol. The quantitative estimate of drug-likeness (QED) is 0.671. The first kappa shape index (κ1) is 9.95. The Bertz CT molecular complexity index is 177. The third-order valence-electron chi connectivity index (χ3n) is 2.66. The molecule has 1 rings (SSSR count). The van der Waals surface area contributed by atoms with Crippen molar-refractivity contribution in [2.24, 2.45) is 0 Å². The highest BCUT2D eigenvalue weighted by atomic mass is 32.2. The minimum atomic E-state index is 0.376. The van der Waals surface area contributed by atoms with Gasteiger partial charge in [-0.2, -0.15) is 11.8 Å². The van der Waals surface area contributed by atoms with Gasteiger partial charge in [0.2, 0.25) is 0 Å². The standard InChI is InChI=1S/C10H17NS/c1-4-6-9(11-3)10(2)7-5-8-12-10/h1,9,11H,5-8H2,2-3H3. The lowest BCUT2D eigenvalue weighted by atomic mass is 9.94. The lowest BCUT2D eigenvalue weighted by molar-refractivity contribution is 0.433. The average Bonchev–Trinajstić information content (AvgIpc) is 2.49. The molecule has 0 amide bonds. The molecule has 0 aromatic heterocycles. The molecule has 1 fully saturated rings. The van der Waals surface area contributed by atoms with E-state index in [1.807, 2.05) is 7.05 Å². The molecule has 2 heteroatoms. The lowest BCUT2D eigenvalue weighted by Crippen LogP contribution is -2.43. The van der Waals surface area contributed by atoms with Crippen molar-refractivity contribution in [3.8, 4) is 12.3 Å². The highest BCUT2D eigenvalue weighted by molar-refractivity contribution is 8.00. The molecule has 0 aromatic carbocycles. The summed E-state index contributed by atoms with van der Waals surface area (Å²) in [5.41, 5.74) is 0. The van der Waals surface area contributed by atoms with Crippen LogP contribution in [0.1, 0.15) is 26.2 Å².